The highest BCUT2D eigenvalue weighted by molar-refractivity contribution is 7.89. The molecule has 0 aliphatic carbocycles. The Morgan fingerprint density at radius 3 is 2.37 bits per heavy atom. The van der Waals surface area contributed by atoms with Gasteiger partial charge >= 0.3 is 0 Å². The number of ether oxygens (including phenoxy) is 2. The molecular weight excluding hydrogens is 266 g/mol. The predicted molar refractivity (Wildman–Crippen MR) is 73.9 cm³/mol. The highest BCUT2D eigenvalue weighted by atomic mass is 32.2. The average molecular weight is 287 g/mol. The molecule has 0 aliphatic rings. The zero-order chi connectivity index (χ0) is 14.3. The molecule has 0 radical (unpaired) electrons. The lowest BCUT2D eigenvalue weighted by Crippen LogP contribution is -2.28. The number of hydrogen-bond donors (Lipinski definition) is 1. The quantitative estimate of drug-likeness (QED) is 0.740. The third kappa shape index (κ3) is 5.59. The minimum absolute atomic E-state index is 0.0926. The fraction of sp³-hybridized carbons (Fsp3) is 0.538. The molecule has 0 spiro atoms. The highest BCUT2D eigenvalue weighted by Crippen LogP contribution is 2.15. The van der Waals surface area contributed by atoms with E-state index < -0.39 is 10.0 Å². The summed E-state index contributed by atoms with van der Waals surface area (Å²) in [5, 5.41) is 0. The molecule has 0 saturated heterocycles. The van der Waals surface area contributed by atoms with Crippen molar-refractivity contribution in [3.05, 3.63) is 24.3 Å². The number of hydrogen-bond acceptors (Lipinski definition) is 4. The number of rotatable bonds is 8. The highest BCUT2D eigenvalue weighted by Gasteiger charge is 2.13. The Morgan fingerprint density at radius 2 is 1.84 bits per heavy atom. The van der Waals surface area contributed by atoms with Gasteiger partial charge in [0.05, 0.1) is 24.2 Å². The van der Waals surface area contributed by atoms with Crippen molar-refractivity contribution in [3.63, 3.8) is 0 Å². The Balaban J connectivity index is 2.56. The van der Waals surface area contributed by atoms with Gasteiger partial charge in [0, 0.05) is 6.54 Å². The Labute approximate surface area is 115 Å². The molecule has 6 heteroatoms. The molecule has 0 aliphatic heterocycles. The summed E-state index contributed by atoms with van der Waals surface area (Å²) in [7, 11) is -3.48. The van der Waals surface area contributed by atoms with E-state index in [-0.39, 0.29) is 17.5 Å². The molecule has 0 heterocycles. The van der Waals surface area contributed by atoms with Gasteiger partial charge in [-0.1, -0.05) is 0 Å². The summed E-state index contributed by atoms with van der Waals surface area (Å²) in [6, 6.07) is 6.33. The normalized spacial score (nSPS) is 11.8. The van der Waals surface area contributed by atoms with Gasteiger partial charge in [0.25, 0.3) is 0 Å². The molecule has 0 saturated carbocycles. The monoisotopic (exact) mass is 287 g/mol. The molecule has 5 nitrogen and oxygen atoms in total. The van der Waals surface area contributed by atoms with Gasteiger partial charge in [-0.15, -0.1) is 0 Å². The van der Waals surface area contributed by atoms with Crippen LogP contribution in [-0.2, 0) is 14.8 Å². The van der Waals surface area contributed by atoms with Crippen LogP contribution < -0.4 is 9.46 Å². The van der Waals surface area contributed by atoms with Crippen LogP contribution in [-0.4, -0.2) is 34.3 Å². The van der Waals surface area contributed by atoms with Crippen molar-refractivity contribution in [2.24, 2.45) is 0 Å². The SMILES string of the molecule is CCOc1ccc(S(=O)(=O)NCCOC(C)C)cc1. The second-order valence-electron chi connectivity index (χ2n) is 4.22. The summed E-state index contributed by atoms with van der Waals surface area (Å²) in [4.78, 5) is 0.223. The van der Waals surface area contributed by atoms with Crippen molar-refractivity contribution in [2.75, 3.05) is 19.8 Å². The predicted octanol–water partition coefficient (Wildman–Crippen LogP) is 1.79. The Kier molecular flexibility index (Phi) is 6.27. The molecule has 0 unspecified atom stereocenters. The summed E-state index contributed by atoms with van der Waals surface area (Å²) >= 11 is 0. The molecule has 0 aromatic heterocycles. The maximum atomic E-state index is 11.9. The molecule has 1 rings (SSSR count). The van der Waals surface area contributed by atoms with E-state index in [1.54, 1.807) is 12.1 Å². The van der Waals surface area contributed by atoms with Gasteiger partial charge in [0.2, 0.25) is 10.0 Å². The maximum absolute atomic E-state index is 11.9. The van der Waals surface area contributed by atoms with Crippen LogP contribution in [0.3, 0.4) is 0 Å². The first kappa shape index (κ1) is 15.9. The topological polar surface area (TPSA) is 64.6 Å². The first-order valence-electron chi connectivity index (χ1n) is 6.30. The van der Waals surface area contributed by atoms with Gasteiger partial charge in [0.1, 0.15) is 5.75 Å². The second kappa shape index (κ2) is 7.47. The van der Waals surface area contributed by atoms with E-state index in [0.717, 1.165) is 0 Å². The molecule has 1 aromatic rings. The Hall–Kier alpha value is -1.11. The second-order valence-corrected chi connectivity index (χ2v) is 5.99. The van der Waals surface area contributed by atoms with Crippen molar-refractivity contribution in [1.29, 1.82) is 0 Å². The summed E-state index contributed by atoms with van der Waals surface area (Å²) in [5.74, 6) is 0.657. The van der Waals surface area contributed by atoms with E-state index in [1.807, 2.05) is 20.8 Å². The van der Waals surface area contributed by atoms with Gasteiger partial charge in [-0.25, -0.2) is 13.1 Å². The molecule has 108 valence electrons. The molecule has 0 amide bonds. The third-order valence-electron chi connectivity index (χ3n) is 2.29. The number of nitrogens with one attached hydrogen (secondary N) is 1. The molecule has 1 N–H and O–H groups in total. The maximum Gasteiger partial charge on any atom is 0.240 e. The van der Waals surface area contributed by atoms with Gasteiger partial charge < -0.3 is 9.47 Å². The molecule has 0 bridgehead atoms. The van der Waals surface area contributed by atoms with Crippen LogP contribution in [0.5, 0.6) is 5.75 Å². The zero-order valence-corrected chi connectivity index (χ0v) is 12.4. The van der Waals surface area contributed by atoms with Crippen molar-refractivity contribution in [3.8, 4) is 5.75 Å². The van der Waals surface area contributed by atoms with Gasteiger partial charge in [-0.05, 0) is 45.0 Å². The Bertz CT molecular complexity index is 468. The van der Waals surface area contributed by atoms with Gasteiger partial charge in [-0.3, -0.25) is 0 Å². The standard InChI is InChI=1S/C13H21NO4S/c1-4-17-12-5-7-13(8-6-12)19(15,16)14-9-10-18-11(2)3/h5-8,11,14H,4,9-10H2,1-3H3. The minimum atomic E-state index is -3.48. The smallest absolute Gasteiger partial charge is 0.240 e. The van der Waals surface area contributed by atoms with E-state index in [1.165, 1.54) is 12.1 Å². The Morgan fingerprint density at radius 1 is 1.21 bits per heavy atom. The van der Waals surface area contributed by atoms with Crippen LogP contribution in [0.15, 0.2) is 29.2 Å². The minimum Gasteiger partial charge on any atom is -0.494 e. The lowest BCUT2D eigenvalue weighted by molar-refractivity contribution is 0.0834. The average Bonchev–Trinajstić information content (AvgIpc) is 2.36. The summed E-state index contributed by atoms with van der Waals surface area (Å²) in [6.07, 6.45) is 0.0926. The number of benzene rings is 1. The van der Waals surface area contributed by atoms with Crippen LogP contribution in [0.2, 0.25) is 0 Å². The molecule has 0 fully saturated rings. The van der Waals surface area contributed by atoms with Crippen LogP contribution in [0.25, 0.3) is 0 Å². The van der Waals surface area contributed by atoms with Crippen LogP contribution in [0, 0.1) is 0 Å². The van der Waals surface area contributed by atoms with Crippen LogP contribution in [0.4, 0.5) is 0 Å². The van der Waals surface area contributed by atoms with Crippen molar-refractivity contribution in [2.45, 2.75) is 31.8 Å². The summed E-state index contributed by atoms with van der Waals surface area (Å²) in [5.41, 5.74) is 0. The van der Waals surface area contributed by atoms with E-state index in [4.69, 9.17) is 9.47 Å². The third-order valence-corrected chi connectivity index (χ3v) is 3.77. The molecular formula is C13H21NO4S. The lowest BCUT2D eigenvalue weighted by Gasteiger charge is -2.10. The van der Waals surface area contributed by atoms with E-state index in [2.05, 4.69) is 4.72 Å². The molecule has 19 heavy (non-hydrogen) atoms. The van der Waals surface area contributed by atoms with E-state index >= 15 is 0 Å². The van der Waals surface area contributed by atoms with E-state index in [0.29, 0.717) is 19.0 Å². The molecule has 1 aromatic carbocycles. The largest absolute Gasteiger partial charge is 0.494 e. The summed E-state index contributed by atoms with van der Waals surface area (Å²) in [6.45, 7) is 6.85. The fourth-order valence-corrected chi connectivity index (χ4v) is 2.45. The van der Waals surface area contributed by atoms with Crippen LogP contribution in [0.1, 0.15) is 20.8 Å². The van der Waals surface area contributed by atoms with E-state index in [9.17, 15) is 8.42 Å². The zero-order valence-electron chi connectivity index (χ0n) is 11.5. The lowest BCUT2D eigenvalue weighted by atomic mass is 10.3. The van der Waals surface area contributed by atoms with Crippen molar-refractivity contribution in [1.82, 2.24) is 4.72 Å². The van der Waals surface area contributed by atoms with Gasteiger partial charge in [0.15, 0.2) is 0 Å². The van der Waals surface area contributed by atoms with Crippen molar-refractivity contribution < 1.29 is 17.9 Å². The first-order chi connectivity index (χ1) is 8.95. The summed E-state index contributed by atoms with van der Waals surface area (Å²) < 4.78 is 36.9. The fourth-order valence-electron chi connectivity index (χ4n) is 1.44. The van der Waals surface area contributed by atoms with Gasteiger partial charge in [-0.2, -0.15) is 0 Å². The van der Waals surface area contributed by atoms with Crippen molar-refractivity contribution >= 4 is 10.0 Å². The number of sulfonamides is 1. The first-order valence-corrected chi connectivity index (χ1v) is 7.78. The van der Waals surface area contributed by atoms with Crippen LogP contribution >= 0.6 is 0 Å². The molecule has 0 atom stereocenters.